The molecule has 1 saturated heterocycles. The van der Waals surface area contributed by atoms with E-state index in [2.05, 4.69) is 65.6 Å². The van der Waals surface area contributed by atoms with Crippen molar-refractivity contribution < 1.29 is 0 Å². The van der Waals surface area contributed by atoms with Crippen molar-refractivity contribution in [1.29, 1.82) is 5.26 Å². The largest absolute Gasteiger partial charge is 0.384 e. The van der Waals surface area contributed by atoms with Crippen LogP contribution in [0.25, 0.3) is 44.7 Å². The fraction of sp³-hybridized carbons (Fsp3) is 0.269. The second-order valence-electron chi connectivity index (χ2n) is 9.18. The molecule has 5 aromatic rings. The third-order valence-electron chi connectivity index (χ3n) is 6.78. The van der Waals surface area contributed by atoms with Crippen LogP contribution in [0, 0.1) is 17.2 Å². The van der Waals surface area contributed by atoms with Gasteiger partial charge in [0.05, 0.1) is 22.2 Å². The molecular weight excluding hydrogens is 438 g/mol. The van der Waals surface area contributed by atoms with Gasteiger partial charge in [0.25, 0.3) is 0 Å². The van der Waals surface area contributed by atoms with Crippen LogP contribution in [0.15, 0.2) is 48.9 Å². The lowest BCUT2D eigenvalue weighted by Gasteiger charge is -2.29. The monoisotopic (exact) mass is 463 g/mol. The van der Waals surface area contributed by atoms with E-state index in [1.807, 2.05) is 30.7 Å². The second kappa shape index (κ2) is 8.81. The summed E-state index contributed by atoms with van der Waals surface area (Å²) in [5.41, 5.74) is 6.26. The number of H-pyrrole nitrogens is 2. The van der Waals surface area contributed by atoms with E-state index in [0.29, 0.717) is 28.5 Å². The highest BCUT2D eigenvalue weighted by Crippen LogP contribution is 2.30. The molecule has 0 unspecified atom stereocenters. The van der Waals surface area contributed by atoms with Gasteiger partial charge in [-0.05, 0) is 63.2 Å². The Morgan fingerprint density at radius 2 is 2.00 bits per heavy atom. The Bertz CT molecular complexity index is 1550. The Hall–Kier alpha value is -4.29. The number of nitriles is 1. The fourth-order valence-electron chi connectivity index (χ4n) is 4.70. The van der Waals surface area contributed by atoms with E-state index >= 15 is 0 Å². The molecule has 3 N–H and O–H groups in total. The Kier molecular flexibility index (Phi) is 5.35. The maximum atomic E-state index is 9.41. The van der Waals surface area contributed by atoms with Crippen LogP contribution < -0.4 is 5.32 Å². The molecule has 0 spiro atoms. The average molecular weight is 464 g/mol. The molecule has 0 atom stereocenters. The molecular formula is C26H25N9. The van der Waals surface area contributed by atoms with Crippen LogP contribution in [0.4, 0.5) is 5.69 Å². The summed E-state index contributed by atoms with van der Waals surface area (Å²) >= 11 is 0. The van der Waals surface area contributed by atoms with E-state index in [4.69, 9.17) is 0 Å². The molecule has 1 aliphatic rings. The van der Waals surface area contributed by atoms with Crippen molar-refractivity contribution >= 4 is 27.8 Å². The number of aromatic amines is 2. The number of nitrogens with one attached hydrogen (secondary N) is 3. The molecule has 0 bridgehead atoms. The molecule has 0 radical (unpaired) electrons. The highest BCUT2D eigenvalue weighted by atomic mass is 15.2. The second-order valence-corrected chi connectivity index (χ2v) is 9.18. The van der Waals surface area contributed by atoms with E-state index in [-0.39, 0.29) is 0 Å². The van der Waals surface area contributed by atoms with E-state index in [9.17, 15) is 5.26 Å². The van der Waals surface area contributed by atoms with Gasteiger partial charge in [-0.1, -0.05) is 6.07 Å². The Balaban J connectivity index is 1.29. The van der Waals surface area contributed by atoms with Crippen LogP contribution in [-0.2, 0) is 0 Å². The summed E-state index contributed by atoms with van der Waals surface area (Å²) in [7, 11) is 2.19. The van der Waals surface area contributed by atoms with Crippen LogP contribution >= 0.6 is 0 Å². The summed E-state index contributed by atoms with van der Waals surface area (Å²) in [4.78, 5) is 19.4. The van der Waals surface area contributed by atoms with Gasteiger partial charge in [0.1, 0.15) is 17.3 Å². The van der Waals surface area contributed by atoms with Crippen molar-refractivity contribution in [2.24, 2.45) is 5.92 Å². The van der Waals surface area contributed by atoms with Gasteiger partial charge in [0, 0.05) is 36.3 Å². The van der Waals surface area contributed by atoms with E-state index in [1.165, 1.54) is 12.8 Å². The first-order valence-corrected chi connectivity index (χ1v) is 11.8. The molecule has 1 aromatic carbocycles. The van der Waals surface area contributed by atoms with Gasteiger partial charge >= 0.3 is 0 Å². The van der Waals surface area contributed by atoms with Crippen molar-refractivity contribution in [2.45, 2.75) is 12.8 Å². The smallest absolute Gasteiger partial charge is 0.181 e. The van der Waals surface area contributed by atoms with Crippen LogP contribution in [0.2, 0.25) is 0 Å². The van der Waals surface area contributed by atoms with Crippen LogP contribution in [0.3, 0.4) is 0 Å². The number of hydrogen-bond acceptors (Lipinski definition) is 7. The molecule has 6 rings (SSSR count). The number of para-hydroxylation sites is 1. The highest BCUT2D eigenvalue weighted by Gasteiger charge is 2.17. The molecule has 9 nitrogen and oxygen atoms in total. The first-order valence-electron chi connectivity index (χ1n) is 11.8. The SMILES string of the molecule is CN1CCC(CNc2cncc(-c3cnc4n[nH]c(-c5nc6c(C#N)cccc6[nH]5)c4c3)c2)CC1. The molecule has 9 heteroatoms. The van der Waals surface area contributed by atoms with Crippen LogP contribution in [0.1, 0.15) is 18.4 Å². The normalized spacial score (nSPS) is 15.0. The third-order valence-corrected chi connectivity index (χ3v) is 6.78. The van der Waals surface area contributed by atoms with Gasteiger partial charge in [0.2, 0.25) is 0 Å². The minimum absolute atomic E-state index is 0.531. The lowest BCUT2D eigenvalue weighted by Crippen LogP contribution is -2.32. The van der Waals surface area contributed by atoms with Crippen LogP contribution in [-0.4, -0.2) is 61.7 Å². The van der Waals surface area contributed by atoms with Gasteiger partial charge in [-0.15, -0.1) is 0 Å². The number of piperidine rings is 1. The van der Waals surface area contributed by atoms with E-state index in [1.54, 1.807) is 6.07 Å². The molecule has 35 heavy (non-hydrogen) atoms. The number of hydrogen-bond donors (Lipinski definition) is 3. The number of likely N-dealkylation sites (tertiary alicyclic amines) is 1. The summed E-state index contributed by atoms with van der Waals surface area (Å²) in [6.45, 7) is 3.28. The molecule has 0 saturated carbocycles. The van der Waals surface area contributed by atoms with Gasteiger partial charge < -0.3 is 15.2 Å². The quantitative estimate of drug-likeness (QED) is 0.357. The van der Waals surface area contributed by atoms with Gasteiger partial charge in [-0.3, -0.25) is 10.1 Å². The zero-order valence-electron chi connectivity index (χ0n) is 19.4. The molecule has 0 amide bonds. The molecule has 4 aromatic heterocycles. The lowest BCUT2D eigenvalue weighted by atomic mass is 9.97. The minimum atomic E-state index is 0.531. The summed E-state index contributed by atoms with van der Waals surface area (Å²) in [5, 5.41) is 21.2. The third kappa shape index (κ3) is 4.09. The summed E-state index contributed by atoms with van der Waals surface area (Å²) < 4.78 is 0. The van der Waals surface area contributed by atoms with Gasteiger partial charge in [0.15, 0.2) is 11.5 Å². The molecule has 174 valence electrons. The first-order chi connectivity index (χ1) is 17.2. The maximum Gasteiger partial charge on any atom is 0.181 e. The van der Waals surface area contributed by atoms with Crippen molar-refractivity contribution in [3.8, 4) is 28.7 Å². The predicted molar refractivity (Wildman–Crippen MR) is 136 cm³/mol. The predicted octanol–water partition coefficient (Wildman–Crippen LogP) is 4.19. The van der Waals surface area contributed by atoms with E-state index in [0.717, 1.165) is 53.0 Å². The molecule has 1 fully saturated rings. The number of anilines is 1. The standard InChI is InChI=1S/C26H25N9/c1-35-7-5-16(6-8-35)12-29-20-9-18(13-28-15-20)19-10-21-24(33-34-25(21)30-14-19)26-31-22-4-2-3-17(11-27)23(22)32-26/h2-4,9-10,13-16,29H,5-8,12H2,1H3,(H,31,32)(H,30,33,34). The maximum absolute atomic E-state index is 9.41. The summed E-state index contributed by atoms with van der Waals surface area (Å²) in [6, 6.07) is 11.9. The van der Waals surface area contributed by atoms with Crippen molar-refractivity contribution in [2.75, 3.05) is 32.0 Å². The zero-order valence-corrected chi connectivity index (χ0v) is 19.4. The van der Waals surface area contributed by atoms with Crippen molar-refractivity contribution in [3.63, 3.8) is 0 Å². The highest BCUT2D eigenvalue weighted by molar-refractivity contribution is 5.94. The zero-order chi connectivity index (χ0) is 23.8. The number of imidazole rings is 1. The topological polar surface area (TPSA) is 122 Å². The van der Waals surface area contributed by atoms with Crippen molar-refractivity contribution in [1.82, 2.24) is 35.0 Å². The van der Waals surface area contributed by atoms with E-state index < -0.39 is 0 Å². The number of benzene rings is 1. The van der Waals surface area contributed by atoms with Gasteiger partial charge in [-0.2, -0.15) is 10.4 Å². The summed E-state index contributed by atoms with van der Waals surface area (Å²) in [6.07, 6.45) is 7.98. The Labute approximate surface area is 202 Å². The van der Waals surface area contributed by atoms with Crippen LogP contribution in [0.5, 0.6) is 0 Å². The number of fused-ring (bicyclic) bond motifs is 2. The van der Waals surface area contributed by atoms with Gasteiger partial charge in [-0.25, -0.2) is 9.97 Å². The fourth-order valence-corrected chi connectivity index (χ4v) is 4.70. The molecule has 0 aliphatic carbocycles. The molecule has 1 aliphatic heterocycles. The number of nitrogens with zero attached hydrogens (tertiary/aromatic N) is 6. The van der Waals surface area contributed by atoms with Crippen molar-refractivity contribution in [3.05, 3.63) is 54.5 Å². The molecule has 5 heterocycles. The average Bonchev–Trinajstić information content (AvgIpc) is 3.52. The lowest BCUT2D eigenvalue weighted by molar-refractivity contribution is 0.226. The Morgan fingerprint density at radius 1 is 1.14 bits per heavy atom. The number of pyridine rings is 2. The summed E-state index contributed by atoms with van der Waals surface area (Å²) in [5.74, 6) is 1.31. The number of aromatic nitrogens is 6. The first kappa shape index (κ1) is 21.3. The Morgan fingerprint density at radius 3 is 2.86 bits per heavy atom. The minimum Gasteiger partial charge on any atom is -0.384 e. The number of rotatable bonds is 5.